The lowest BCUT2D eigenvalue weighted by Crippen LogP contribution is -2.41. The minimum absolute atomic E-state index is 0.163. The molecule has 1 amide bonds. The summed E-state index contributed by atoms with van der Waals surface area (Å²) in [5.41, 5.74) is 3.66. The number of benzene rings is 3. The predicted octanol–water partition coefficient (Wildman–Crippen LogP) is 4.75. The molecule has 3 aromatic carbocycles. The van der Waals surface area contributed by atoms with Crippen molar-refractivity contribution in [2.75, 3.05) is 23.9 Å². The van der Waals surface area contributed by atoms with Crippen LogP contribution in [0.2, 0.25) is 0 Å². The molecule has 1 fully saturated rings. The average Bonchev–Trinajstić information content (AvgIpc) is 2.92. The van der Waals surface area contributed by atoms with Gasteiger partial charge in [0.15, 0.2) is 0 Å². The standard InChI is InChI=1S/C29H35N3O3S/c1-2-24-13-9-10-18-28(24)32(36(34,35)27-16-5-3-6-17-27)23-29(33)30-21-25-14-7-8-15-26(25)22-31-19-11-4-12-20-31/h3,5-10,13-18H,2,4,11-12,19-23H2,1H3,(H,30,33). The van der Waals surface area contributed by atoms with E-state index in [4.69, 9.17) is 0 Å². The van der Waals surface area contributed by atoms with E-state index < -0.39 is 10.0 Å². The van der Waals surface area contributed by atoms with Gasteiger partial charge in [0.25, 0.3) is 10.0 Å². The Morgan fingerprint density at radius 1 is 0.833 bits per heavy atom. The average molecular weight is 506 g/mol. The number of carbonyl (C=O) groups excluding carboxylic acids is 1. The van der Waals surface area contributed by atoms with Gasteiger partial charge in [-0.3, -0.25) is 14.0 Å². The highest BCUT2D eigenvalue weighted by atomic mass is 32.2. The van der Waals surface area contributed by atoms with Gasteiger partial charge in [-0.25, -0.2) is 8.42 Å². The molecule has 1 saturated heterocycles. The van der Waals surface area contributed by atoms with Crippen molar-refractivity contribution in [3.8, 4) is 0 Å². The van der Waals surface area contributed by atoms with Gasteiger partial charge >= 0.3 is 0 Å². The van der Waals surface area contributed by atoms with Crippen LogP contribution < -0.4 is 9.62 Å². The number of hydrogen-bond acceptors (Lipinski definition) is 4. The summed E-state index contributed by atoms with van der Waals surface area (Å²) in [6.45, 7) is 5.11. The van der Waals surface area contributed by atoms with Crippen LogP contribution in [0.15, 0.2) is 83.8 Å². The molecule has 0 bridgehead atoms. The van der Waals surface area contributed by atoms with E-state index in [-0.39, 0.29) is 17.3 Å². The molecule has 0 saturated carbocycles. The number of nitrogens with one attached hydrogen (secondary N) is 1. The van der Waals surface area contributed by atoms with Crippen molar-refractivity contribution in [2.24, 2.45) is 0 Å². The van der Waals surface area contributed by atoms with Crippen LogP contribution in [0.1, 0.15) is 42.9 Å². The van der Waals surface area contributed by atoms with Gasteiger partial charge in [0.05, 0.1) is 10.6 Å². The number of para-hydroxylation sites is 1. The molecule has 190 valence electrons. The molecule has 0 radical (unpaired) electrons. The number of amides is 1. The first kappa shape index (κ1) is 25.9. The number of rotatable bonds is 10. The summed E-state index contributed by atoms with van der Waals surface area (Å²) in [4.78, 5) is 15.8. The molecule has 1 aliphatic heterocycles. The van der Waals surface area contributed by atoms with Crippen molar-refractivity contribution in [3.63, 3.8) is 0 Å². The molecule has 6 nitrogen and oxygen atoms in total. The SMILES string of the molecule is CCc1ccccc1N(CC(=O)NCc1ccccc1CN1CCCCC1)S(=O)(=O)c1ccccc1. The van der Waals surface area contributed by atoms with Gasteiger partial charge in [-0.1, -0.05) is 74.0 Å². The van der Waals surface area contributed by atoms with Gasteiger partial charge < -0.3 is 5.32 Å². The number of anilines is 1. The number of carbonyl (C=O) groups is 1. The quantitative estimate of drug-likeness (QED) is 0.432. The zero-order valence-corrected chi connectivity index (χ0v) is 21.7. The van der Waals surface area contributed by atoms with Crippen LogP contribution in [0, 0.1) is 0 Å². The first-order valence-electron chi connectivity index (χ1n) is 12.7. The molecule has 3 aromatic rings. The Kier molecular flexibility index (Phi) is 8.78. The summed E-state index contributed by atoms with van der Waals surface area (Å²) in [5, 5.41) is 2.97. The highest BCUT2D eigenvalue weighted by molar-refractivity contribution is 7.92. The number of nitrogens with zero attached hydrogens (tertiary/aromatic N) is 2. The molecule has 0 unspecified atom stereocenters. The third-order valence-corrected chi connectivity index (χ3v) is 8.47. The maximum absolute atomic E-state index is 13.6. The zero-order chi connectivity index (χ0) is 25.4. The van der Waals surface area contributed by atoms with Crippen LogP contribution in [-0.2, 0) is 34.3 Å². The molecule has 0 aliphatic carbocycles. The molecule has 1 heterocycles. The fraction of sp³-hybridized carbons (Fsp3) is 0.345. The summed E-state index contributed by atoms with van der Waals surface area (Å²) in [7, 11) is -3.93. The minimum atomic E-state index is -3.93. The molecule has 4 rings (SSSR count). The zero-order valence-electron chi connectivity index (χ0n) is 20.9. The van der Waals surface area contributed by atoms with Gasteiger partial charge in [0, 0.05) is 13.1 Å². The van der Waals surface area contributed by atoms with Gasteiger partial charge in [0.1, 0.15) is 6.54 Å². The van der Waals surface area contributed by atoms with Crippen LogP contribution in [0.3, 0.4) is 0 Å². The van der Waals surface area contributed by atoms with E-state index in [1.165, 1.54) is 29.1 Å². The van der Waals surface area contributed by atoms with Crippen LogP contribution in [0.4, 0.5) is 5.69 Å². The molecule has 1 N–H and O–H groups in total. The Balaban J connectivity index is 1.52. The Labute approximate surface area is 215 Å². The molecular weight excluding hydrogens is 470 g/mol. The lowest BCUT2D eigenvalue weighted by Gasteiger charge is -2.27. The predicted molar refractivity (Wildman–Crippen MR) is 144 cm³/mol. The van der Waals surface area contributed by atoms with Crippen LogP contribution in [-0.4, -0.2) is 38.9 Å². The summed E-state index contributed by atoms with van der Waals surface area (Å²) < 4.78 is 28.5. The van der Waals surface area contributed by atoms with Crippen molar-refractivity contribution < 1.29 is 13.2 Å². The Bertz CT molecular complexity index is 1260. The maximum atomic E-state index is 13.6. The molecule has 36 heavy (non-hydrogen) atoms. The topological polar surface area (TPSA) is 69.7 Å². The lowest BCUT2D eigenvalue weighted by molar-refractivity contribution is -0.119. The number of likely N-dealkylation sites (tertiary alicyclic amines) is 1. The first-order valence-corrected chi connectivity index (χ1v) is 14.1. The van der Waals surface area contributed by atoms with E-state index in [1.807, 2.05) is 37.3 Å². The number of aryl methyl sites for hydroxylation is 1. The van der Waals surface area contributed by atoms with Gasteiger partial charge in [-0.15, -0.1) is 0 Å². The van der Waals surface area contributed by atoms with Crippen molar-refractivity contribution in [1.29, 1.82) is 0 Å². The molecular formula is C29H35N3O3S. The number of piperidine rings is 1. The molecule has 0 atom stereocenters. The Hall–Kier alpha value is -3.16. The van der Waals surface area contributed by atoms with Crippen molar-refractivity contribution in [2.45, 2.75) is 50.6 Å². The van der Waals surface area contributed by atoms with Gasteiger partial charge in [-0.05, 0) is 67.2 Å². The normalized spacial score (nSPS) is 14.4. The second kappa shape index (κ2) is 12.2. The van der Waals surface area contributed by atoms with Crippen molar-refractivity contribution in [3.05, 3.63) is 95.6 Å². The highest BCUT2D eigenvalue weighted by Crippen LogP contribution is 2.27. The molecule has 0 aromatic heterocycles. The second-order valence-corrected chi connectivity index (χ2v) is 11.1. The third-order valence-electron chi connectivity index (χ3n) is 6.70. The Morgan fingerprint density at radius 3 is 2.14 bits per heavy atom. The first-order chi connectivity index (χ1) is 17.5. The van der Waals surface area contributed by atoms with E-state index in [2.05, 4.69) is 16.3 Å². The highest BCUT2D eigenvalue weighted by Gasteiger charge is 2.28. The monoisotopic (exact) mass is 505 g/mol. The van der Waals surface area contributed by atoms with E-state index in [0.29, 0.717) is 18.7 Å². The van der Waals surface area contributed by atoms with Crippen molar-refractivity contribution >= 4 is 21.6 Å². The van der Waals surface area contributed by atoms with Crippen LogP contribution in [0.5, 0.6) is 0 Å². The fourth-order valence-electron chi connectivity index (χ4n) is 4.70. The second-order valence-electron chi connectivity index (χ2n) is 9.19. The van der Waals surface area contributed by atoms with Gasteiger partial charge in [-0.2, -0.15) is 0 Å². The van der Waals surface area contributed by atoms with Crippen molar-refractivity contribution in [1.82, 2.24) is 10.2 Å². The summed E-state index contributed by atoms with van der Waals surface area (Å²) >= 11 is 0. The third kappa shape index (κ3) is 6.33. The Morgan fingerprint density at radius 2 is 1.44 bits per heavy atom. The number of hydrogen-bond donors (Lipinski definition) is 1. The minimum Gasteiger partial charge on any atom is -0.350 e. The summed E-state index contributed by atoms with van der Waals surface area (Å²) in [6, 6.07) is 23.8. The molecule has 1 aliphatic rings. The van der Waals surface area contributed by atoms with Gasteiger partial charge in [0.2, 0.25) is 5.91 Å². The van der Waals surface area contributed by atoms with E-state index in [1.54, 1.807) is 42.5 Å². The lowest BCUT2D eigenvalue weighted by atomic mass is 10.0. The van der Waals surface area contributed by atoms with E-state index in [0.717, 1.165) is 30.8 Å². The summed E-state index contributed by atoms with van der Waals surface area (Å²) in [6.07, 6.45) is 4.40. The fourth-order valence-corrected chi connectivity index (χ4v) is 6.18. The largest absolute Gasteiger partial charge is 0.350 e. The van der Waals surface area contributed by atoms with Crippen LogP contribution in [0.25, 0.3) is 0 Å². The molecule has 7 heteroatoms. The van der Waals surface area contributed by atoms with E-state index in [9.17, 15) is 13.2 Å². The van der Waals surface area contributed by atoms with Crippen LogP contribution >= 0.6 is 0 Å². The maximum Gasteiger partial charge on any atom is 0.264 e. The number of sulfonamides is 1. The van der Waals surface area contributed by atoms with E-state index >= 15 is 0 Å². The smallest absolute Gasteiger partial charge is 0.264 e. The molecule has 0 spiro atoms. The summed E-state index contributed by atoms with van der Waals surface area (Å²) in [5.74, 6) is -0.340.